The molecule has 0 atom stereocenters. The van der Waals surface area contributed by atoms with E-state index >= 15 is 0 Å². The number of fused-ring (bicyclic) bond motifs is 1. The smallest absolute Gasteiger partial charge is 0.228 e. The first kappa shape index (κ1) is 17.0. The number of nitriles is 1. The van der Waals surface area contributed by atoms with Crippen LogP contribution in [0.2, 0.25) is 0 Å². The Balaban J connectivity index is 1.43. The summed E-state index contributed by atoms with van der Waals surface area (Å²) in [6, 6.07) is 11.5. The van der Waals surface area contributed by atoms with Crippen molar-refractivity contribution in [3.05, 3.63) is 60.2 Å². The summed E-state index contributed by atoms with van der Waals surface area (Å²) in [7, 11) is 0. The summed E-state index contributed by atoms with van der Waals surface area (Å²) in [5.41, 5.74) is 2.20. The van der Waals surface area contributed by atoms with E-state index < -0.39 is 0 Å². The van der Waals surface area contributed by atoms with Crippen molar-refractivity contribution in [1.29, 1.82) is 5.26 Å². The van der Waals surface area contributed by atoms with Crippen molar-refractivity contribution in [1.82, 2.24) is 19.3 Å². The molecule has 7 nitrogen and oxygen atoms in total. The first-order chi connectivity index (χ1) is 13.2. The van der Waals surface area contributed by atoms with Gasteiger partial charge >= 0.3 is 0 Å². The van der Waals surface area contributed by atoms with Crippen LogP contribution in [0.15, 0.2) is 48.9 Å². The zero-order valence-electron chi connectivity index (χ0n) is 15.0. The van der Waals surface area contributed by atoms with Gasteiger partial charge in [-0.25, -0.2) is 9.97 Å². The molecule has 0 aromatic carbocycles. The van der Waals surface area contributed by atoms with Crippen molar-refractivity contribution in [3.63, 3.8) is 0 Å². The number of imidazole rings is 1. The van der Waals surface area contributed by atoms with Crippen molar-refractivity contribution in [2.75, 3.05) is 31.1 Å². The Morgan fingerprint density at radius 1 is 1.15 bits per heavy atom. The molecule has 3 aromatic rings. The Morgan fingerprint density at radius 3 is 2.93 bits per heavy atom. The monoisotopic (exact) mass is 360 g/mol. The van der Waals surface area contributed by atoms with Crippen molar-refractivity contribution < 1.29 is 4.79 Å². The average molecular weight is 360 g/mol. The molecule has 1 saturated heterocycles. The van der Waals surface area contributed by atoms with Crippen LogP contribution in [-0.2, 0) is 11.2 Å². The number of pyridine rings is 2. The van der Waals surface area contributed by atoms with Gasteiger partial charge in [0, 0.05) is 44.8 Å². The second-order valence-electron chi connectivity index (χ2n) is 6.58. The van der Waals surface area contributed by atoms with Gasteiger partial charge in [0.25, 0.3) is 0 Å². The Bertz CT molecular complexity index is 972. The molecule has 0 saturated carbocycles. The number of carbonyl (C=O) groups is 1. The molecule has 0 unspecified atom stereocenters. The predicted molar refractivity (Wildman–Crippen MR) is 101 cm³/mol. The van der Waals surface area contributed by atoms with E-state index in [2.05, 4.69) is 20.9 Å². The van der Waals surface area contributed by atoms with Crippen LogP contribution in [0.3, 0.4) is 0 Å². The number of anilines is 1. The summed E-state index contributed by atoms with van der Waals surface area (Å²) in [5, 5.41) is 9.29. The number of carbonyl (C=O) groups excluding carboxylic acids is 1. The number of amides is 1. The maximum Gasteiger partial charge on any atom is 0.228 e. The van der Waals surface area contributed by atoms with Crippen LogP contribution in [0.1, 0.15) is 17.7 Å². The number of hydrogen-bond acceptors (Lipinski definition) is 5. The zero-order valence-corrected chi connectivity index (χ0v) is 15.0. The predicted octanol–water partition coefficient (Wildman–Crippen LogP) is 1.88. The normalized spacial score (nSPS) is 14.8. The van der Waals surface area contributed by atoms with Gasteiger partial charge in [0.1, 0.15) is 17.5 Å². The number of nitrogens with zero attached hydrogens (tertiary/aromatic N) is 6. The van der Waals surface area contributed by atoms with Crippen molar-refractivity contribution in [2.24, 2.45) is 0 Å². The van der Waals surface area contributed by atoms with E-state index in [0.29, 0.717) is 37.4 Å². The highest BCUT2D eigenvalue weighted by atomic mass is 16.2. The van der Waals surface area contributed by atoms with Gasteiger partial charge in [-0.05, 0) is 30.7 Å². The third-order valence-corrected chi connectivity index (χ3v) is 4.80. The molecule has 1 aliphatic rings. The first-order valence-corrected chi connectivity index (χ1v) is 9.05. The largest absolute Gasteiger partial charge is 0.354 e. The van der Waals surface area contributed by atoms with Gasteiger partial charge in [-0.15, -0.1) is 0 Å². The van der Waals surface area contributed by atoms with Gasteiger partial charge in [0.15, 0.2) is 0 Å². The third kappa shape index (κ3) is 3.60. The van der Waals surface area contributed by atoms with E-state index in [1.165, 1.54) is 0 Å². The highest BCUT2D eigenvalue weighted by Gasteiger charge is 2.22. The minimum absolute atomic E-state index is 0.0850. The van der Waals surface area contributed by atoms with Gasteiger partial charge in [0.2, 0.25) is 5.91 Å². The van der Waals surface area contributed by atoms with Crippen LogP contribution >= 0.6 is 0 Å². The lowest BCUT2D eigenvalue weighted by atomic mass is 10.2. The summed E-state index contributed by atoms with van der Waals surface area (Å²) in [6.07, 6.45) is 6.69. The van der Waals surface area contributed by atoms with Crippen LogP contribution in [0, 0.1) is 11.3 Å². The second-order valence-corrected chi connectivity index (χ2v) is 6.58. The van der Waals surface area contributed by atoms with E-state index in [0.717, 1.165) is 24.3 Å². The second kappa shape index (κ2) is 7.46. The number of rotatable bonds is 3. The fourth-order valence-electron chi connectivity index (χ4n) is 3.45. The van der Waals surface area contributed by atoms with Crippen LogP contribution in [0.5, 0.6) is 0 Å². The van der Waals surface area contributed by atoms with E-state index in [9.17, 15) is 10.1 Å². The maximum absolute atomic E-state index is 12.8. The summed E-state index contributed by atoms with van der Waals surface area (Å²) in [6.45, 7) is 2.78. The molecule has 1 fully saturated rings. The van der Waals surface area contributed by atoms with Crippen LogP contribution in [0.4, 0.5) is 5.82 Å². The van der Waals surface area contributed by atoms with Crippen LogP contribution in [0.25, 0.3) is 5.65 Å². The molecule has 0 N–H and O–H groups in total. The molecule has 0 aliphatic carbocycles. The molecule has 136 valence electrons. The molecule has 1 aliphatic heterocycles. The molecule has 4 heterocycles. The SMILES string of the molecule is N#Cc1cccnc1N1CCCN(C(=O)Cc2cn3ccccc3n2)CC1. The van der Waals surface area contributed by atoms with Crippen LogP contribution in [-0.4, -0.2) is 51.4 Å². The van der Waals surface area contributed by atoms with Crippen molar-refractivity contribution >= 4 is 17.4 Å². The van der Waals surface area contributed by atoms with Gasteiger partial charge in [-0.3, -0.25) is 4.79 Å². The van der Waals surface area contributed by atoms with Crippen LogP contribution < -0.4 is 4.90 Å². The Morgan fingerprint density at radius 2 is 2.07 bits per heavy atom. The lowest BCUT2D eigenvalue weighted by molar-refractivity contribution is -0.130. The Labute approximate surface area is 157 Å². The van der Waals surface area contributed by atoms with Gasteiger partial charge in [-0.2, -0.15) is 5.26 Å². The maximum atomic E-state index is 12.8. The van der Waals surface area contributed by atoms with Crippen molar-refractivity contribution in [3.8, 4) is 6.07 Å². The van der Waals surface area contributed by atoms with E-state index in [1.54, 1.807) is 18.3 Å². The van der Waals surface area contributed by atoms with Crippen molar-refractivity contribution in [2.45, 2.75) is 12.8 Å². The van der Waals surface area contributed by atoms with E-state index in [4.69, 9.17) is 0 Å². The molecule has 0 spiro atoms. The third-order valence-electron chi connectivity index (χ3n) is 4.80. The number of hydrogen-bond donors (Lipinski definition) is 0. The topological polar surface area (TPSA) is 77.5 Å². The summed E-state index contributed by atoms with van der Waals surface area (Å²) < 4.78 is 1.93. The molecular weight excluding hydrogens is 340 g/mol. The Hall–Kier alpha value is -3.40. The highest BCUT2D eigenvalue weighted by Crippen LogP contribution is 2.18. The summed E-state index contributed by atoms with van der Waals surface area (Å²) in [5.74, 6) is 0.788. The minimum Gasteiger partial charge on any atom is -0.354 e. The molecular formula is C20H20N6O. The molecule has 4 rings (SSSR count). The minimum atomic E-state index is 0.0850. The zero-order chi connectivity index (χ0) is 18.6. The quantitative estimate of drug-likeness (QED) is 0.713. The lowest BCUT2D eigenvalue weighted by Crippen LogP contribution is -2.36. The standard InChI is InChI=1S/C20H20N6O/c21-14-16-5-3-7-22-20(16)25-10-4-9-24(11-12-25)19(27)13-17-15-26-8-2-1-6-18(26)23-17/h1-3,5-8,15H,4,9-13H2. The van der Waals surface area contributed by atoms with Gasteiger partial charge in [0.05, 0.1) is 17.7 Å². The summed E-state index contributed by atoms with van der Waals surface area (Å²) >= 11 is 0. The first-order valence-electron chi connectivity index (χ1n) is 9.05. The van der Waals surface area contributed by atoms with E-state index in [1.807, 2.05) is 39.9 Å². The summed E-state index contributed by atoms with van der Waals surface area (Å²) in [4.78, 5) is 25.6. The van der Waals surface area contributed by atoms with Gasteiger partial charge in [-0.1, -0.05) is 6.07 Å². The number of aromatic nitrogens is 3. The lowest BCUT2D eigenvalue weighted by Gasteiger charge is -2.23. The molecule has 3 aromatic heterocycles. The highest BCUT2D eigenvalue weighted by molar-refractivity contribution is 5.78. The Kier molecular flexibility index (Phi) is 4.71. The van der Waals surface area contributed by atoms with E-state index in [-0.39, 0.29) is 5.91 Å². The molecule has 27 heavy (non-hydrogen) atoms. The fraction of sp³-hybridized carbons (Fsp3) is 0.300. The molecule has 1 amide bonds. The molecule has 0 bridgehead atoms. The fourth-order valence-corrected chi connectivity index (χ4v) is 3.45. The van der Waals surface area contributed by atoms with Gasteiger partial charge < -0.3 is 14.2 Å². The molecule has 0 radical (unpaired) electrons. The molecule has 7 heteroatoms. The average Bonchev–Trinajstić information content (AvgIpc) is 2.94.